The predicted octanol–water partition coefficient (Wildman–Crippen LogP) is 7.06. The van der Waals surface area contributed by atoms with E-state index in [9.17, 15) is 14.4 Å². The molecule has 3 rings (SSSR count). The highest BCUT2D eigenvalue weighted by atomic mass is 16.6. The third-order valence-corrected chi connectivity index (χ3v) is 5.20. The molecular weight excluding hydrogens is 480 g/mol. The van der Waals surface area contributed by atoms with Gasteiger partial charge in [-0.25, -0.2) is 9.59 Å². The lowest BCUT2D eigenvalue weighted by molar-refractivity contribution is -0.131. The topological polar surface area (TPSA) is 78.9 Å². The molecule has 0 aliphatic rings. The van der Waals surface area contributed by atoms with Crippen molar-refractivity contribution >= 4 is 18.2 Å². The molecule has 0 unspecified atom stereocenters. The van der Waals surface area contributed by atoms with Crippen LogP contribution >= 0.6 is 0 Å². The molecule has 0 aliphatic carbocycles. The minimum atomic E-state index is -0.498. The van der Waals surface area contributed by atoms with Gasteiger partial charge in [-0.15, -0.1) is 0 Å². The molecule has 0 N–H and O–H groups in total. The van der Waals surface area contributed by atoms with Crippen LogP contribution in [0.3, 0.4) is 0 Å². The number of methoxy groups -OCH3 is 1. The molecule has 0 saturated heterocycles. The molecular formula is C32H32O6. The second kappa shape index (κ2) is 13.6. The van der Waals surface area contributed by atoms with Gasteiger partial charge in [-0.3, -0.25) is 4.79 Å². The summed E-state index contributed by atoms with van der Waals surface area (Å²) < 4.78 is 16.0. The molecule has 6 heteroatoms. The van der Waals surface area contributed by atoms with E-state index in [0.717, 1.165) is 34.1 Å². The fraction of sp³-hybridized carbons (Fsp3) is 0.156. The lowest BCUT2D eigenvalue weighted by Crippen LogP contribution is -2.09. The number of carbonyl (C=O) groups is 3. The summed E-state index contributed by atoms with van der Waals surface area (Å²) in [5, 5.41) is 0. The number of hydrogen-bond donors (Lipinski definition) is 0. The van der Waals surface area contributed by atoms with Crippen LogP contribution in [0.5, 0.6) is 17.2 Å². The van der Waals surface area contributed by atoms with E-state index in [1.165, 1.54) is 7.11 Å². The number of ether oxygens (including phenoxy) is 3. The zero-order valence-corrected chi connectivity index (χ0v) is 22.4. The third kappa shape index (κ3) is 8.17. The average molecular weight is 513 g/mol. The van der Waals surface area contributed by atoms with Gasteiger partial charge in [0.2, 0.25) is 0 Å². The second-order valence-corrected chi connectivity index (χ2v) is 8.72. The van der Waals surface area contributed by atoms with Crippen molar-refractivity contribution in [2.24, 2.45) is 0 Å². The van der Waals surface area contributed by atoms with E-state index >= 15 is 0 Å². The molecule has 0 spiro atoms. The number of rotatable bonds is 8. The van der Waals surface area contributed by atoms with Crippen LogP contribution in [0.25, 0.3) is 22.3 Å². The van der Waals surface area contributed by atoms with Crippen LogP contribution in [-0.4, -0.2) is 25.3 Å². The predicted molar refractivity (Wildman–Crippen MR) is 150 cm³/mol. The molecule has 6 nitrogen and oxygen atoms in total. The number of aryl methyl sites for hydroxylation is 1. The summed E-state index contributed by atoms with van der Waals surface area (Å²) in [7, 11) is 1.53. The van der Waals surface area contributed by atoms with Gasteiger partial charge in [0.25, 0.3) is 0 Å². The summed E-state index contributed by atoms with van der Waals surface area (Å²) in [6.07, 6.45) is 0.722. The summed E-state index contributed by atoms with van der Waals surface area (Å²) in [6.45, 7) is 17.4. The monoisotopic (exact) mass is 512 g/mol. The van der Waals surface area contributed by atoms with E-state index in [1.807, 2.05) is 43.3 Å². The van der Waals surface area contributed by atoms with Gasteiger partial charge in [0.05, 0.1) is 7.11 Å². The van der Waals surface area contributed by atoms with Gasteiger partial charge < -0.3 is 14.2 Å². The number of allylic oxidation sites excluding steroid dienone is 1. The lowest BCUT2D eigenvalue weighted by Gasteiger charge is -2.13. The van der Waals surface area contributed by atoms with Crippen LogP contribution in [-0.2, 0) is 14.4 Å². The third-order valence-electron chi connectivity index (χ3n) is 5.20. The SMILES string of the molecule is C=C(C)C(=O)Oc1ccc(-c2ccc(-c3ccc(OC(=O)C(=C)C)c(OC)c3)c(C)c2)cc1.C=C(C)C=O. The van der Waals surface area contributed by atoms with Crippen LogP contribution in [0.2, 0.25) is 0 Å². The number of esters is 2. The number of carbonyl (C=O) groups excluding carboxylic acids is 3. The zero-order chi connectivity index (χ0) is 28.4. The molecule has 0 bridgehead atoms. The standard InChI is InChI=1S/C28H26O5.C4H6O/c1-17(2)27(29)32-23-11-7-20(8-12-23)21-9-13-24(19(5)15-21)22-10-14-25(26(16-22)31-6)33-28(30)18(3)4;1-4(2)3-5/h7-16H,1,3H2,2,4-6H3;3H,1H2,2H3. The Morgan fingerprint density at radius 1 is 0.711 bits per heavy atom. The molecule has 3 aromatic rings. The first-order valence-electron chi connectivity index (χ1n) is 11.7. The Labute approximate surface area is 223 Å². The molecule has 0 aromatic heterocycles. The van der Waals surface area contributed by atoms with Crippen LogP contribution in [0.15, 0.2) is 97.1 Å². The van der Waals surface area contributed by atoms with E-state index in [-0.39, 0.29) is 0 Å². The molecule has 0 amide bonds. The van der Waals surface area contributed by atoms with Crippen LogP contribution in [0.1, 0.15) is 26.3 Å². The Morgan fingerprint density at radius 2 is 1.24 bits per heavy atom. The molecule has 38 heavy (non-hydrogen) atoms. The van der Waals surface area contributed by atoms with E-state index in [1.54, 1.807) is 39.0 Å². The Balaban J connectivity index is 0.000000926. The molecule has 0 aliphatic heterocycles. The highest BCUT2D eigenvalue weighted by Gasteiger charge is 2.13. The van der Waals surface area contributed by atoms with Crippen molar-refractivity contribution in [1.82, 2.24) is 0 Å². The van der Waals surface area contributed by atoms with E-state index in [4.69, 9.17) is 14.2 Å². The van der Waals surface area contributed by atoms with Gasteiger partial charge in [-0.1, -0.05) is 56.1 Å². The van der Waals surface area contributed by atoms with E-state index in [2.05, 4.69) is 25.8 Å². The highest BCUT2D eigenvalue weighted by molar-refractivity contribution is 5.89. The van der Waals surface area contributed by atoms with Crippen LogP contribution < -0.4 is 14.2 Å². The Morgan fingerprint density at radius 3 is 1.74 bits per heavy atom. The first-order chi connectivity index (χ1) is 18.0. The molecule has 0 atom stereocenters. The van der Waals surface area contributed by atoms with Gasteiger partial charge in [-0.05, 0) is 85.4 Å². The average Bonchev–Trinajstić information content (AvgIpc) is 2.89. The smallest absolute Gasteiger partial charge is 0.338 e. The Kier molecular flexibility index (Phi) is 10.5. The van der Waals surface area contributed by atoms with Gasteiger partial charge in [0.1, 0.15) is 12.0 Å². The van der Waals surface area contributed by atoms with Gasteiger partial charge >= 0.3 is 11.9 Å². The number of hydrogen-bond acceptors (Lipinski definition) is 6. The lowest BCUT2D eigenvalue weighted by atomic mass is 9.95. The van der Waals surface area contributed by atoms with Crippen molar-refractivity contribution in [1.29, 1.82) is 0 Å². The minimum Gasteiger partial charge on any atom is -0.493 e. The quantitative estimate of drug-likeness (QED) is 0.139. The molecule has 3 aromatic carbocycles. The summed E-state index contributed by atoms with van der Waals surface area (Å²) in [5.41, 5.74) is 6.31. The highest BCUT2D eigenvalue weighted by Crippen LogP contribution is 2.35. The van der Waals surface area contributed by atoms with Crippen molar-refractivity contribution in [3.05, 3.63) is 103 Å². The molecule has 0 fully saturated rings. The first kappa shape index (κ1) is 29.5. The fourth-order valence-corrected chi connectivity index (χ4v) is 3.18. The molecule has 0 saturated carbocycles. The van der Waals surface area contributed by atoms with Crippen molar-refractivity contribution in [2.45, 2.75) is 27.7 Å². The van der Waals surface area contributed by atoms with Crippen molar-refractivity contribution in [3.8, 4) is 39.5 Å². The summed E-state index contributed by atoms with van der Waals surface area (Å²) in [6, 6.07) is 18.9. The van der Waals surface area contributed by atoms with E-state index < -0.39 is 11.9 Å². The van der Waals surface area contributed by atoms with Crippen molar-refractivity contribution < 1.29 is 28.6 Å². The van der Waals surface area contributed by atoms with Crippen LogP contribution in [0, 0.1) is 6.92 Å². The summed E-state index contributed by atoms with van der Waals surface area (Å²) >= 11 is 0. The number of aldehydes is 1. The zero-order valence-electron chi connectivity index (χ0n) is 22.4. The van der Waals surface area contributed by atoms with Gasteiger partial charge in [-0.2, -0.15) is 0 Å². The maximum Gasteiger partial charge on any atom is 0.338 e. The second-order valence-electron chi connectivity index (χ2n) is 8.72. The first-order valence-corrected chi connectivity index (χ1v) is 11.7. The molecule has 0 radical (unpaired) electrons. The fourth-order valence-electron chi connectivity index (χ4n) is 3.18. The van der Waals surface area contributed by atoms with Crippen molar-refractivity contribution in [2.75, 3.05) is 7.11 Å². The van der Waals surface area contributed by atoms with Gasteiger partial charge in [0.15, 0.2) is 11.5 Å². The number of benzene rings is 3. The normalized spacial score (nSPS) is 9.82. The van der Waals surface area contributed by atoms with Crippen LogP contribution in [0.4, 0.5) is 0 Å². The Bertz CT molecular complexity index is 1380. The van der Waals surface area contributed by atoms with E-state index in [0.29, 0.717) is 34.0 Å². The molecule has 196 valence electrons. The maximum atomic E-state index is 11.9. The summed E-state index contributed by atoms with van der Waals surface area (Å²) in [4.78, 5) is 32.9. The molecule has 0 heterocycles. The van der Waals surface area contributed by atoms with Gasteiger partial charge in [0, 0.05) is 11.1 Å². The largest absolute Gasteiger partial charge is 0.493 e. The van der Waals surface area contributed by atoms with Crippen molar-refractivity contribution in [3.63, 3.8) is 0 Å². The maximum absolute atomic E-state index is 11.9. The summed E-state index contributed by atoms with van der Waals surface area (Å²) in [5.74, 6) is 0.335. The Hall–Kier alpha value is -4.71. The minimum absolute atomic E-state index is 0.314.